The smallest absolute Gasteiger partial charge is 0.258 e. The Morgan fingerprint density at radius 1 is 1.03 bits per heavy atom. The molecule has 1 atom stereocenters. The Morgan fingerprint density at radius 2 is 1.64 bits per heavy atom. The topological polar surface area (TPSA) is 108 Å². The fraction of sp³-hybridized carbons (Fsp3) is 0.481. The quantitative estimate of drug-likeness (QED) is 0.357. The molecule has 36 heavy (non-hydrogen) atoms. The summed E-state index contributed by atoms with van der Waals surface area (Å²) in [5.41, 5.74) is 2.67. The fourth-order valence-corrected chi connectivity index (χ4v) is 4.47. The van der Waals surface area contributed by atoms with Crippen LogP contribution >= 0.6 is 0 Å². The van der Waals surface area contributed by atoms with Crippen molar-refractivity contribution in [3.05, 3.63) is 44.6 Å². The molecule has 1 aliphatic carbocycles. The Balaban J connectivity index is 2.07. The number of fused-ring (bicyclic) bond motifs is 2. The van der Waals surface area contributed by atoms with Gasteiger partial charge in [0.1, 0.15) is 11.2 Å². The van der Waals surface area contributed by atoms with Crippen LogP contribution < -0.4 is 10.7 Å². The number of aromatic nitrogens is 1. The number of amides is 2. The van der Waals surface area contributed by atoms with Crippen LogP contribution in [0, 0.1) is 13.8 Å². The molecule has 1 aromatic carbocycles. The summed E-state index contributed by atoms with van der Waals surface area (Å²) >= 11 is 0. The third-order valence-corrected chi connectivity index (χ3v) is 6.82. The van der Waals surface area contributed by atoms with Gasteiger partial charge in [0, 0.05) is 38.3 Å². The normalized spacial score (nSPS) is 14.8. The SMILES string of the molecule is CCN(CC)C(=O)c1c2nc3c(C(=O)N(CC)CC)ccc(C)c3oc-2c(C)c(=O)c1NCC1CO1. The minimum Gasteiger partial charge on any atom is -0.452 e. The number of ether oxygens (including phenoxy) is 1. The summed E-state index contributed by atoms with van der Waals surface area (Å²) in [6.45, 7) is 14.2. The predicted molar refractivity (Wildman–Crippen MR) is 139 cm³/mol. The third kappa shape index (κ3) is 4.43. The number of hydrogen-bond acceptors (Lipinski definition) is 7. The molecule has 0 saturated carbocycles. The van der Waals surface area contributed by atoms with Crippen molar-refractivity contribution in [2.24, 2.45) is 0 Å². The maximum atomic E-state index is 13.7. The van der Waals surface area contributed by atoms with E-state index in [9.17, 15) is 14.4 Å². The Hall–Kier alpha value is -3.46. The minimum absolute atomic E-state index is 0.00648. The van der Waals surface area contributed by atoms with E-state index in [0.29, 0.717) is 61.6 Å². The molecular weight excluding hydrogens is 460 g/mol. The van der Waals surface area contributed by atoms with Crippen LogP contribution in [0.2, 0.25) is 0 Å². The molecular formula is C27H34N4O5. The molecule has 0 bridgehead atoms. The number of aryl methyl sites for hydroxylation is 1. The van der Waals surface area contributed by atoms with Crippen molar-refractivity contribution >= 4 is 28.6 Å². The lowest BCUT2D eigenvalue weighted by molar-refractivity contribution is 0.0767. The van der Waals surface area contributed by atoms with Crippen molar-refractivity contribution in [1.82, 2.24) is 14.8 Å². The number of nitrogens with zero attached hydrogens (tertiary/aromatic N) is 3. The fourth-order valence-electron chi connectivity index (χ4n) is 4.47. The van der Waals surface area contributed by atoms with Gasteiger partial charge in [0.2, 0.25) is 5.43 Å². The van der Waals surface area contributed by atoms with Crippen LogP contribution in [0.4, 0.5) is 5.69 Å². The highest BCUT2D eigenvalue weighted by atomic mass is 16.6. The minimum atomic E-state index is -0.312. The second-order valence-electron chi connectivity index (χ2n) is 8.99. The van der Waals surface area contributed by atoms with Crippen molar-refractivity contribution < 1.29 is 18.7 Å². The van der Waals surface area contributed by atoms with E-state index >= 15 is 0 Å². The van der Waals surface area contributed by atoms with Gasteiger partial charge in [-0.2, -0.15) is 0 Å². The van der Waals surface area contributed by atoms with Crippen molar-refractivity contribution in [3.8, 4) is 11.5 Å². The van der Waals surface area contributed by atoms with Gasteiger partial charge in [0.05, 0.1) is 29.5 Å². The van der Waals surface area contributed by atoms with Gasteiger partial charge in [0.15, 0.2) is 11.3 Å². The highest BCUT2D eigenvalue weighted by molar-refractivity contribution is 6.08. The van der Waals surface area contributed by atoms with Gasteiger partial charge in [-0.1, -0.05) is 6.07 Å². The zero-order chi connectivity index (χ0) is 26.1. The van der Waals surface area contributed by atoms with Gasteiger partial charge in [0.25, 0.3) is 11.8 Å². The summed E-state index contributed by atoms with van der Waals surface area (Å²) in [6.07, 6.45) is 0.00648. The molecule has 0 spiro atoms. The van der Waals surface area contributed by atoms with Crippen LogP contribution in [0.15, 0.2) is 21.3 Å². The van der Waals surface area contributed by atoms with E-state index in [-0.39, 0.29) is 46.1 Å². The molecule has 9 heteroatoms. The molecule has 1 N–H and O–H groups in total. The second-order valence-corrected chi connectivity index (χ2v) is 8.99. The van der Waals surface area contributed by atoms with Gasteiger partial charge >= 0.3 is 0 Å². The molecule has 192 valence electrons. The number of carbonyl (C=O) groups is 2. The summed E-state index contributed by atoms with van der Waals surface area (Å²) in [6, 6.07) is 3.56. The summed E-state index contributed by atoms with van der Waals surface area (Å²) in [5.74, 6) is -0.218. The highest BCUT2D eigenvalue weighted by Crippen LogP contribution is 2.36. The van der Waals surface area contributed by atoms with Crippen molar-refractivity contribution in [3.63, 3.8) is 0 Å². The Bertz CT molecular complexity index is 1340. The van der Waals surface area contributed by atoms with Crippen molar-refractivity contribution in [1.29, 1.82) is 0 Å². The van der Waals surface area contributed by atoms with E-state index in [1.165, 1.54) is 0 Å². The van der Waals surface area contributed by atoms with E-state index in [2.05, 4.69) is 5.32 Å². The Labute approximate surface area is 210 Å². The highest BCUT2D eigenvalue weighted by Gasteiger charge is 2.33. The van der Waals surface area contributed by atoms with Crippen molar-refractivity contribution in [2.75, 3.05) is 44.6 Å². The molecule has 9 nitrogen and oxygen atoms in total. The largest absolute Gasteiger partial charge is 0.452 e. The summed E-state index contributed by atoms with van der Waals surface area (Å²) < 4.78 is 11.6. The first-order chi connectivity index (χ1) is 17.3. The van der Waals surface area contributed by atoms with Crippen LogP contribution in [0.5, 0.6) is 0 Å². The number of carbonyl (C=O) groups excluding carboxylic acids is 2. The average Bonchev–Trinajstić information content (AvgIpc) is 3.70. The number of hydrogen-bond donors (Lipinski definition) is 1. The van der Waals surface area contributed by atoms with Gasteiger partial charge in [-0.15, -0.1) is 0 Å². The zero-order valence-corrected chi connectivity index (χ0v) is 21.9. The van der Waals surface area contributed by atoms with E-state index in [1.54, 1.807) is 22.8 Å². The molecule has 3 aliphatic rings. The Kier molecular flexibility index (Phi) is 7.31. The lowest BCUT2D eigenvalue weighted by atomic mass is 9.98. The first kappa shape index (κ1) is 25.6. The van der Waals surface area contributed by atoms with Gasteiger partial charge in [-0.25, -0.2) is 4.98 Å². The van der Waals surface area contributed by atoms with Crippen LogP contribution in [-0.4, -0.2) is 72.0 Å². The van der Waals surface area contributed by atoms with E-state index in [0.717, 1.165) is 5.56 Å². The van der Waals surface area contributed by atoms with E-state index < -0.39 is 0 Å². The summed E-state index contributed by atoms with van der Waals surface area (Å²) in [5, 5.41) is 3.15. The molecule has 2 amide bonds. The lowest BCUT2D eigenvalue weighted by Crippen LogP contribution is -2.34. The number of nitrogens with one attached hydrogen (secondary N) is 1. The average molecular weight is 495 g/mol. The molecule has 1 aromatic rings. The number of benzene rings is 2. The van der Waals surface area contributed by atoms with E-state index in [1.807, 2.05) is 40.7 Å². The van der Waals surface area contributed by atoms with Crippen LogP contribution in [-0.2, 0) is 4.74 Å². The van der Waals surface area contributed by atoms with Crippen LogP contribution in [0.25, 0.3) is 22.6 Å². The molecule has 1 saturated heterocycles. The predicted octanol–water partition coefficient (Wildman–Crippen LogP) is 3.68. The second kappa shape index (κ2) is 10.3. The van der Waals surface area contributed by atoms with Crippen molar-refractivity contribution in [2.45, 2.75) is 47.6 Å². The van der Waals surface area contributed by atoms with Gasteiger partial charge in [-0.05, 0) is 53.2 Å². The molecule has 1 unspecified atom stereocenters. The zero-order valence-electron chi connectivity index (χ0n) is 21.9. The number of epoxide rings is 1. The van der Waals surface area contributed by atoms with Gasteiger partial charge < -0.3 is 24.3 Å². The number of anilines is 1. The standard InChI is InChI=1S/C27H34N4O5/c1-7-30(8-2)26(33)18-12-11-15(5)24-20(18)29-22-19(27(34)31(9-3)10-4)21(28-13-17-14-35-17)23(32)16(6)25(22)36-24/h11-12,17,28H,7-10,13-14H2,1-6H3. The summed E-state index contributed by atoms with van der Waals surface area (Å²) in [7, 11) is 0. The molecule has 0 aromatic heterocycles. The molecule has 2 heterocycles. The Morgan fingerprint density at radius 3 is 2.22 bits per heavy atom. The lowest BCUT2D eigenvalue weighted by Gasteiger charge is -2.24. The molecule has 0 radical (unpaired) electrons. The maximum Gasteiger partial charge on any atom is 0.258 e. The first-order valence-corrected chi connectivity index (χ1v) is 12.6. The van der Waals surface area contributed by atoms with E-state index in [4.69, 9.17) is 14.1 Å². The first-order valence-electron chi connectivity index (χ1n) is 12.6. The van der Waals surface area contributed by atoms with Crippen LogP contribution in [0.1, 0.15) is 59.5 Å². The summed E-state index contributed by atoms with van der Waals surface area (Å²) in [4.78, 5) is 48.8. The van der Waals surface area contributed by atoms with Crippen LogP contribution in [0.3, 0.4) is 0 Å². The monoisotopic (exact) mass is 494 g/mol. The van der Waals surface area contributed by atoms with Gasteiger partial charge in [-0.3, -0.25) is 14.4 Å². The number of rotatable bonds is 9. The molecule has 1 fully saturated rings. The maximum absolute atomic E-state index is 13.7. The third-order valence-electron chi connectivity index (χ3n) is 6.82. The molecule has 2 aliphatic heterocycles. The molecule has 4 rings (SSSR count).